The zero-order valence-corrected chi connectivity index (χ0v) is 9.19. The second kappa shape index (κ2) is 3.92. The minimum Gasteiger partial charge on any atom is -0.396 e. The van der Waals surface area contributed by atoms with Gasteiger partial charge in [0.2, 0.25) is 0 Å². The molecule has 0 spiro atoms. The van der Waals surface area contributed by atoms with E-state index in [0.717, 1.165) is 19.6 Å². The molecule has 0 aliphatic carbocycles. The lowest BCUT2D eigenvalue weighted by Crippen LogP contribution is -2.47. The molecule has 1 aromatic heterocycles. The molecule has 1 aliphatic rings. The summed E-state index contributed by atoms with van der Waals surface area (Å²) in [4.78, 5) is 5.57. The molecule has 0 amide bonds. The zero-order valence-electron chi connectivity index (χ0n) is 9.19. The fourth-order valence-electron chi connectivity index (χ4n) is 2.38. The van der Waals surface area contributed by atoms with E-state index in [2.05, 4.69) is 34.1 Å². The van der Waals surface area contributed by atoms with Crippen LogP contribution in [0.5, 0.6) is 0 Å². The van der Waals surface area contributed by atoms with Crippen LogP contribution in [-0.2, 0) is 6.54 Å². The Morgan fingerprint density at radius 2 is 2.19 bits per heavy atom. The second-order valence-corrected chi connectivity index (χ2v) is 4.64. The first-order valence-electron chi connectivity index (χ1n) is 5.74. The largest absolute Gasteiger partial charge is 0.396 e. The number of aliphatic hydroxyl groups is 1. The average molecular weight is 216 g/mol. The summed E-state index contributed by atoms with van der Waals surface area (Å²) in [6, 6.07) is 8.64. The average Bonchev–Trinajstić information content (AvgIpc) is 2.69. The number of hydrogen-bond acceptors (Lipinski definition) is 2. The van der Waals surface area contributed by atoms with Gasteiger partial charge in [-0.3, -0.25) is 4.90 Å². The Labute approximate surface area is 94.7 Å². The predicted octanol–water partition coefficient (Wildman–Crippen LogP) is 1.59. The lowest BCUT2D eigenvalue weighted by atomic mass is 10.0. The maximum absolute atomic E-state index is 8.95. The van der Waals surface area contributed by atoms with E-state index in [1.165, 1.54) is 16.5 Å². The molecular formula is C13H16N2O. The highest BCUT2D eigenvalue weighted by molar-refractivity contribution is 5.79. The summed E-state index contributed by atoms with van der Waals surface area (Å²) in [5.41, 5.74) is 2.55. The number of aliphatic hydroxyl groups excluding tert-OH is 1. The van der Waals surface area contributed by atoms with E-state index in [9.17, 15) is 0 Å². The summed E-state index contributed by atoms with van der Waals surface area (Å²) in [6.07, 6.45) is 1.97. The highest BCUT2D eigenvalue weighted by Gasteiger charge is 2.25. The van der Waals surface area contributed by atoms with Gasteiger partial charge in [0.1, 0.15) is 0 Å². The quantitative estimate of drug-likeness (QED) is 0.818. The van der Waals surface area contributed by atoms with Gasteiger partial charge in [-0.2, -0.15) is 0 Å². The Balaban J connectivity index is 1.70. The van der Waals surface area contributed by atoms with E-state index < -0.39 is 0 Å². The van der Waals surface area contributed by atoms with Gasteiger partial charge in [-0.05, 0) is 29.1 Å². The topological polar surface area (TPSA) is 39.3 Å². The summed E-state index contributed by atoms with van der Waals surface area (Å²) in [5, 5.41) is 10.2. The van der Waals surface area contributed by atoms with Crippen molar-refractivity contribution in [1.29, 1.82) is 0 Å². The lowest BCUT2D eigenvalue weighted by Gasteiger charge is -2.38. The molecule has 0 atom stereocenters. The molecule has 84 valence electrons. The summed E-state index contributed by atoms with van der Waals surface area (Å²) in [7, 11) is 0. The number of benzene rings is 1. The Kier molecular flexibility index (Phi) is 2.42. The number of H-pyrrole nitrogens is 1. The highest BCUT2D eigenvalue weighted by atomic mass is 16.3. The van der Waals surface area contributed by atoms with Crippen molar-refractivity contribution < 1.29 is 5.11 Å². The van der Waals surface area contributed by atoms with Crippen molar-refractivity contribution in [2.45, 2.75) is 6.54 Å². The Morgan fingerprint density at radius 1 is 1.31 bits per heavy atom. The van der Waals surface area contributed by atoms with Gasteiger partial charge in [0.05, 0.1) is 0 Å². The van der Waals surface area contributed by atoms with Crippen molar-refractivity contribution in [2.75, 3.05) is 19.7 Å². The van der Waals surface area contributed by atoms with Crippen molar-refractivity contribution >= 4 is 10.9 Å². The molecular weight excluding hydrogens is 200 g/mol. The molecule has 0 saturated carbocycles. The molecule has 3 rings (SSSR count). The van der Waals surface area contributed by atoms with Crippen LogP contribution in [0.4, 0.5) is 0 Å². The van der Waals surface area contributed by atoms with Crippen molar-refractivity contribution in [3.8, 4) is 0 Å². The number of likely N-dealkylation sites (tertiary alicyclic amines) is 1. The number of nitrogens with one attached hydrogen (secondary N) is 1. The maximum Gasteiger partial charge on any atom is 0.0483 e. The molecule has 1 fully saturated rings. The minimum atomic E-state index is 0.327. The molecule has 1 aromatic carbocycles. The third-order valence-corrected chi connectivity index (χ3v) is 3.31. The lowest BCUT2D eigenvalue weighted by molar-refractivity contribution is 0.0479. The van der Waals surface area contributed by atoms with Crippen molar-refractivity contribution in [3.05, 3.63) is 36.0 Å². The van der Waals surface area contributed by atoms with E-state index in [4.69, 9.17) is 5.11 Å². The third-order valence-electron chi connectivity index (χ3n) is 3.31. The Morgan fingerprint density at radius 3 is 3.00 bits per heavy atom. The van der Waals surface area contributed by atoms with E-state index in [0.29, 0.717) is 12.5 Å². The number of fused-ring (bicyclic) bond motifs is 1. The van der Waals surface area contributed by atoms with Crippen molar-refractivity contribution in [1.82, 2.24) is 9.88 Å². The molecule has 16 heavy (non-hydrogen) atoms. The van der Waals surface area contributed by atoms with Gasteiger partial charge in [0.15, 0.2) is 0 Å². The van der Waals surface area contributed by atoms with Crippen LogP contribution in [0.15, 0.2) is 30.5 Å². The van der Waals surface area contributed by atoms with Gasteiger partial charge in [-0.1, -0.05) is 6.07 Å². The first-order chi connectivity index (χ1) is 7.85. The van der Waals surface area contributed by atoms with E-state index in [1.807, 2.05) is 6.20 Å². The molecule has 2 N–H and O–H groups in total. The van der Waals surface area contributed by atoms with Crippen LogP contribution in [0.1, 0.15) is 5.56 Å². The number of aromatic amines is 1. The molecule has 3 heteroatoms. The van der Waals surface area contributed by atoms with Gasteiger partial charge >= 0.3 is 0 Å². The first-order valence-corrected chi connectivity index (χ1v) is 5.74. The molecule has 2 heterocycles. The second-order valence-electron chi connectivity index (χ2n) is 4.64. The summed E-state index contributed by atoms with van der Waals surface area (Å²) in [5.74, 6) is 0.496. The first kappa shape index (κ1) is 9.87. The summed E-state index contributed by atoms with van der Waals surface area (Å²) in [6.45, 7) is 3.38. The summed E-state index contributed by atoms with van der Waals surface area (Å²) < 4.78 is 0. The van der Waals surface area contributed by atoms with Crippen LogP contribution in [0.25, 0.3) is 10.9 Å². The molecule has 0 bridgehead atoms. The van der Waals surface area contributed by atoms with Gasteiger partial charge in [0, 0.05) is 43.9 Å². The standard InChI is InChI=1S/C13H16N2O/c16-9-11-7-15(8-11)6-10-1-2-13-12(5-10)3-4-14-13/h1-5,11,14,16H,6-9H2. The maximum atomic E-state index is 8.95. The molecule has 1 aliphatic heterocycles. The van der Waals surface area contributed by atoms with Gasteiger partial charge in [-0.25, -0.2) is 0 Å². The minimum absolute atomic E-state index is 0.327. The molecule has 0 radical (unpaired) electrons. The fourth-order valence-corrected chi connectivity index (χ4v) is 2.38. The zero-order chi connectivity index (χ0) is 11.0. The smallest absolute Gasteiger partial charge is 0.0483 e. The van der Waals surface area contributed by atoms with Crippen LogP contribution < -0.4 is 0 Å². The van der Waals surface area contributed by atoms with Crippen LogP contribution in [-0.4, -0.2) is 34.7 Å². The Bertz CT molecular complexity index is 485. The SMILES string of the molecule is OCC1CN(Cc2ccc3[nH]ccc3c2)C1. The molecule has 0 unspecified atom stereocenters. The molecule has 2 aromatic rings. The van der Waals surface area contributed by atoms with Crippen molar-refractivity contribution in [3.63, 3.8) is 0 Å². The molecule has 3 nitrogen and oxygen atoms in total. The van der Waals surface area contributed by atoms with Crippen LogP contribution >= 0.6 is 0 Å². The molecule has 1 saturated heterocycles. The third kappa shape index (κ3) is 1.72. The normalized spacial score (nSPS) is 17.8. The Hall–Kier alpha value is -1.32. The number of rotatable bonds is 3. The van der Waals surface area contributed by atoms with Gasteiger partial charge < -0.3 is 10.1 Å². The van der Waals surface area contributed by atoms with E-state index >= 15 is 0 Å². The van der Waals surface area contributed by atoms with Crippen LogP contribution in [0, 0.1) is 5.92 Å². The summed E-state index contributed by atoms with van der Waals surface area (Å²) >= 11 is 0. The fraction of sp³-hybridized carbons (Fsp3) is 0.385. The number of aromatic nitrogens is 1. The van der Waals surface area contributed by atoms with Crippen LogP contribution in [0.3, 0.4) is 0 Å². The number of nitrogens with zero attached hydrogens (tertiary/aromatic N) is 1. The van der Waals surface area contributed by atoms with E-state index in [-0.39, 0.29) is 0 Å². The van der Waals surface area contributed by atoms with Gasteiger partial charge in [-0.15, -0.1) is 0 Å². The highest BCUT2D eigenvalue weighted by Crippen LogP contribution is 2.20. The predicted molar refractivity (Wildman–Crippen MR) is 64.2 cm³/mol. The number of hydrogen-bond donors (Lipinski definition) is 2. The van der Waals surface area contributed by atoms with Gasteiger partial charge in [0.25, 0.3) is 0 Å². The monoisotopic (exact) mass is 216 g/mol. The van der Waals surface area contributed by atoms with Crippen LogP contribution in [0.2, 0.25) is 0 Å². The van der Waals surface area contributed by atoms with E-state index in [1.54, 1.807) is 0 Å². The van der Waals surface area contributed by atoms with Crippen molar-refractivity contribution in [2.24, 2.45) is 5.92 Å².